The lowest BCUT2D eigenvalue weighted by molar-refractivity contribution is -0.00754. The van der Waals surface area contributed by atoms with Crippen molar-refractivity contribution in [2.24, 2.45) is 0 Å². The van der Waals surface area contributed by atoms with Gasteiger partial charge in [0.05, 0.1) is 6.42 Å². The van der Waals surface area contributed by atoms with Crippen LogP contribution in [0.4, 0.5) is 8.78 Å². The van der Waals surface area contributed by atoms with Gasteiger partial charge in [0, 0.05) is 5.92 Å². The molecule has 1 atom stereocenters. The Labute approximate surface area is 114 Å². The molecule has 106 valence electrons. The van der Waals surface area contributed by atoms with Crippen LogP contribution in [-0.4, -0.2) is 27.8 Å². The first-order valence-corrected chi connectivity index (χ1v) is 6.49. The van der Waals surface area contributed by atoms with E-state index in [4.69, 9.17) is 9.63 Å². The third kappa shape index (κ3) is 2.56. The molecule has 0 aliphatic heterocycles. The number of aromatic nitrogens is 2. The van der Waals surface area contributed by atoms with E-state index in [1.165, 1.54) is 11.1 Å². The van der Waals surface area contributed by atoms with E-state index in [1.54, 1.807) is 0 Å². The average Bonchev–Trinajstić information content (AvgIpc) is 3.03. The highest BCUT2D eigenvalue weighted by molar-refractivity contribution is 5.34. The molecule has 0 amide bonds. The summed E-state index contributed by atoms with van der Waals surface area (Å²) in [4.78, 5) is 4.13. The maximum atomic E-state index is 12.3. The van der Waals surface area contributed by atoms with Gasteiger partial charge in [-0.3, -0.25) is 0 Å². The predicted octanol–water partition coefficient (Wildman–Crippen LogP) is 2.12. The zero-order valence-corrected chi connectivity index (χ0v) is 10.7. The van der Waals surface area contributed by atoms with Crippen molar-refractivity contribution >= 4 is 0 Å². The van der Waals surface area contributed by atoms with Crippen molar-refractivity contribution < 1.29 is 18.4 Å². The highest BCUT2D eigenvalue weighted by atomic mass is 19.3. The van der Waals surface area contributed by atoms with Crippen LogP contribution in [0, 0.1) is 0 Å². The van der Waals surface area contributed by atoms with Gasteiger partial charge in [-0.1, -0.05) is 29.4 Å². The molecule has 1 aromatic carbocycles. The molecular weight excluding hydrogens is 266 g/mol. The second kappa shape index (κ2) is 5.28. The van der Waals surface area contributed by atoms with Crippen molar-refractivity contribution in [1.29, 1.82) is 0 Å². The number of benzene rings is 1. The first-order chi connectivity index (χ1) is 9.63. The number of hydrogen-bond donors (Lipinski definition) is 1. The van der Waals surface area contributed by atoms with Crippen LogP contribution in [0.15, 0.2) is 28.8 Å². The van der Waals surface area contributed by atoms with E-state index in [-0.39, 0.29) is 18.2 Å². The summed E-state index contributed by atoms with van der Waals surface area (Å²) in [7, 11) is 0. The van der Waals surface area contributed by atoms with Gasteiger partial charge in [-0.15, -0.1) is 0 Å². The van der Waals surface area contributed by atoms with Crippen molar-refractivity contribution in [3.05, 3.63) is 47.1 Å². The second-order valence-corrected chi connectivity index (χ2v) is 5.03. The van der Waals surface area contributed by atoms with E-state index in [9.17, 15) is 8.78 Å². The van der Waals surface area contributed by atoms with Crippen molar-refractivity contribution in [3.63, 3.8) is 0 Å². The van der Waals surface area contributed by atoms with Crippen LogP contribution in [0.25, 0.3) is 0 Å². The molecule has 1 aliphatic carbocycles. The fourth-order valence-corrected chi connectivity index (χ4v) is 2.53. The predicted molar refractivity (Wildman–Crippen MR) is 66.6 cm³/mol. The topological polar surface area (TPSA) is 59.2 Å². The molecule has 20 heavy (non-hydrogen) atoms. The molecule has 4 nitrogen and oxygen atoms in total. The van der Waals surface area contributed by atoms with Gasteiger partial charge in [-0.2, -0.15) is 4.98 Å². The van der Waals surface area contributed by atoms with Gasteiger partial charge >= 0.3 is 0 Å². The van der Waals surface area contributed by atoms with E-state index in [2.05, 4.69) is 22.3 Å². The quantitative estimate of drug-likeness (QED) is 0.932. The maximum Gasteiger partial charge on any atom is 0.264 e. The first kappa shape index (κ1) is 13.2. The molecule has 0 fully saturated rings. The molecule has 1 unspecified atom stereocenters. The molecule has 1 N–H and O–H groups in total. The van der Waals surface area contributed by atoms with Crippen LogP contribution in [-0.2, 0) is 19.3 Å². The Bertz CT molecular complexity index is 575. The second-order valence-electron chi connectivity index (χ2n) is 5.03. The Kier molecular flexibility index (Phi) is 3.48. The largest absolute Gasteiger partial charge is 0.387 e. The summed E-state index contributed by atoms with van der Waals surface area (Å²) in [5, 5.41) is 13.0. The number of aliphatic hydroxyl groups is 1. The molecule has 0 bridgehead atoms. The normalized spacial score (nSPS) is 16.6. The highest BCUT2D eigenvalue weighted by Gasteiger charge is 2.27. The standard InChI is InChI=1S/C14H14F2N2O2/c15-13(16)11(19)7-12-17-14(18-20-12)10-5-8-3-1-2-4-9(8)6-10/h1-4,10-11,13,19H,5-7H2. The van der Waals surface area contributed by atoms with E-state index < -0.39 is 12.5 Å². The van der Waals surface area contributed by atoms with Crippen molar-refractivity contribution in [2.45, 2.75) is 37.7 Å². The summed E-state index contributed by atoms with van der Waals surface area (Å²) >= 11 is 0. The van der Waals surface area contributed by atoms with Gasteiger partial charge in [0.25, 0.3) is 6.43 Å². The summed E-state index contributed by atoms with van der Waals surface area (Å²) in [5.41, 5.74) is 2.52. The molecule has 3 rings (SSSR count). The number of hydrogen-bond acceptors (Lipinski definition) is 4. The molecule has 1 aliphatic rings. The fourth-order valence-electron chi connectivity index (χ4n) is 2.53. The lowest BCUT2D eigenvalue weighted by Crippen LogP contribution is -2.20. The lowest BCUT2D eigenvalue weighted by atomic mass is 10.1. The summed E-state index contributed by atoms with van der Waals surface area (Å²) < 4.78 is 29.5. The Balaban J connectivity index is 1.70. The summed E-state index contributed by atoms with van der Waals surface area (Å²) in [6, 6.07) is 8.11. The monoisotopic (exact) mass is 280 g/mol. The van der Waals surface area contributed by atoms with Crippen molar-refractivity contribution in [1.82, 2.24) is 10.1 Å². The van der Waals surface area contributed by atoms with E-state index >= 15 is 0 Å². The lowest BCUT2D eigenvalue weighted by Gasteiger charge is -2.04. The van der Waals surface area contributed by atoms with Gasteiger partial charge in [0.2, 0.25) is 5.89 Å². The molecular formula is C14H14F2N2O2. The van der Waals surface area contributed by atoms with Crippen LogP contribution in [0.5, 0.6) is 0 Å². The minimum absolute atomic E-state index is 0.0590. The number of rotatable bonds is 4. The molecule has 0 saturated carbocycles. The highest BCUT2D eigenvalue weighted by Crippen LogP contribution is 2.32. The minimum Gasteiger partial charge on any atom is -0.387 e. The van der Waals surface area contributed by atoms with Crippen LogP contribution in [0.2, 0.25) is 0 Å². The molecule has 0 spiro atoms. The summed E-state index contributed by atoms with van der Waals surface area (Å²) in [5.74, 6) is 0.704. The minimum atomic E-state index is -2.80. The number of fused-ring (bicyclic) bond motifs is 1. The third-order valence-corrected chi connectivity index (χ3v) is 3.57. The average molecular weight is 280 g/mol. The Morgan fingerprint density at radius 1 is 1.25 bits per heavy atom. The number of aliphatic hydroxyl groups excluding tert-OH is 1. The van der Waals surface area contributed by atoms with Crippen LogP contribution in [0.3, 0.4) is 0 Å². The van der Waals surface area contributed by atoms with Gasteiger partial charge in [0.15, 0.2) is 5.82 Å². The SMILES string of the molecule is OC(Cc1nc(C2Cc3ccccc3C2)no1)C(F)F. The van der Waals surface area contributed by atoms with Crippen LogP contribution >= 0.6 is 0 Å². The Hall–Kier alpha value is -1.82. The van der Waals surface area contributed by atoms with E-state index in [1.807, 2.05) is 12.1 Å². The van der Waals surface area contributed by atoms with Crippen LogP contribution < -0.4 is 0 Å². The number of nitrogens with zero attached hydrogens (tertiary/aromatic N) is 2. The zero-order chi connectivity index (χ0) is 14.1. The van der Waals surface area contributed by atoms with Gasteiger partial charge in [0.1, 0.15) is 6.10 Å². The van der Waals surface area contributed by atoms with E-state index in [0.29, 0.717) is 5.82 Å². The van der Waals surface area contributed by atoms with Gasteiger partial charge in [-0.05, 0) is 24.0 Å². The van der Waals surface area contributed by atoms with Crippen LogP contribution in [0.1, 0.15) is 28.8 Å². The molecule has 0 saturated heterocycles. The molecule has 1 aromatic heterocycles. The number of halogens is 2. The molecule has 6 heteroatoms. The van der Waals surface area contributed by atoms with Crippen molar-refractivity contribution in [3.8, 4) is 0 Å². The van der Waals surface area contributed by atoms with Crippen molar-refractivity contribution in [2.75, 3.05) is 0 Å². The first-order valence-electron chi connectivity index (χ1n) is 6.49. The molecule has 0 radical (unpaired) electrons. The van der Waals surface area contributed by atoms with E-state index in [0.717, 1.165) is 12.8 Å². The third-order valence-electron chi connectivity index (χ3n) is 3.57. The smallest absolute Gasteiger partial charge is 0.264 e. The maximum absolute atomic E-state index is 12.3. The number of alkyl halides is 2. The van der Waals surface area contributed by atoms with Gasteiger partial charge in [-0.25, -0.2) is 8.78 Å². The fraction of sp³-hybridized carbons (Fsp3) is 0.429. The van der Waals surface area contributed by atoms with Gasteiger partial charge < -0.3 is 9.63 Å². The molecule has 1 heterocycles. The summed E-state index contributed by atoms with van der Waals surface area (Å²) in [6.45, 7) is 0. The zero-order valence-electron chi connectivity index (χ0n) is 10.7. The Morgan fingerprint density at radius 2 is 1.90 bits per heavy atom. The Morgan fingerprint density at radius 3 is 2.50 bits per heavy atom. The summed E-state index contributed by atoms with van der Waals surface area (Å²) in [6.07, 6.45) is -3.23. The molecule has 2 aromatic rings.